The molecule has 1 saturated carbocycles. The summed E-state index contributed by atoms with van der Waals surface area (Å²) in [5.74, 6) is 0.459. The highest BCUT2D eigenvalue weighted by Crippen LogP contribution is 2.25. The number of unbranched alkanes of at least 4 members (excludes halogenated alkanes) is 1. The van der Waals surface area contributed by atoms with Crippen LogP contribution in [0.2, 0.25) is 0 Å². The molecule has 118 valence electrons. The van der Waals surface area contributed by atoms with E-state index in [2.05, 4.69) is 38.0 Å². The van der Waals surface area contributed by atoms with Gasteiger partial charge in [-0.25, -0.2) is 0 Å². The zero-order chi connectivity index (χ0) is 15.3. The van der Waals surface area contributed by atoms with Gasteiger partial charge in [0.1, 0.15) is 0 Å². The number of nitrogens with two attached hydrogens (primary N) is 1. The van der Waals surface area contributed by atoms with E-state index in [1.807, 2.05) is 6.92 Å². The zero-order valence-electron chi connectivity index (χ0n) is 13.9. The molecule has 0 bridgehead atoms. The number of nitrogens with one attached hydrogen (secondary N) is 1. The fraction of sp³-hybridized carbons (Fsp3) is 0.938. The van der Waals surface area contributed by atoms with Gasteiger partial charge in [-0.2, -0.15) is 0 Å². The number of nitrogens with zero attached hydrogens (tertiary/aromatic N) is 1. The molecular weight excluding hydrogens is 250 g/mol. The molecular formula is C16H33N3O. The molecule has 1 aliphatic carbocycles. The number of hydrogen-bond donors (Lipinski definition) is 2. The second-order valence-corrected chi connectivity index (χ2v) is 7.04. The zero-order valence-corrected chi connectivity index (χ0v) is 13.9. The molecule has 0 radical (unpaired) electrons. The van der Waals surface area contributed by atoms with E-state index >= 15 is 0 Å². The van der Waals surface area contributed by atoms with Crippen LogP contribution >= 0.6 is 0 Å². The molecule has 2 unspecified atom stereocenters. The quantitative estimate of drug-likeness (QED) is 0.604. The van der Waals surface area contributed by atoms with Crippen LogP contribution in [0.4, 0.5) is 0 Å². The van der Waals surface area contributed by atoms with Crippen LogP contribution in [-0.4, -0.2) is 42.0 Å². The van der Waals surface area contributed by atoms with Crippen molar-refractivity contribution in [2.24, 2.45) is 11.7 Å². The molecule has 0 aromatic rings. The molecule has 2 atom stereocenters. The van der Waals surface area contributed by atoms with Crippen LogP contribution in [0, 0.1) is 5.92 Å². The Bertz CT molecular complexity index is 315. The van der Waals surface area contributed by atoms with E-state index in [1.165, 1.54) is 12.8 Å². The van der Waals surface area contributed by atoms with Gasteiger partial charge in [-0.05, 0) is 65.5 Å². The van der Waals surface area contributed by atoms with Gasteiger partial charge in [-0.3, -0.25) is 4.79 Å². The average molecular weight is 283 g/mol. The third-order valence-corrected chi connectivity index (χ3v) is 4.74. The lowest BCUT2D eigenvalue weighted by molar-refractivity contribution is -0.124. The van der Waals surface area contributed by atoms with Crippen LogP contribution in [0.15, 0.2) is 0 Å². The molecule has 0 aliphatic heterocycles. The third-order valence-electron chi connectivity index (χ3n) is 4.74. The summed E-state index contributed by atoms with van der Waals surface area (Å²) in [6.07, 6.45) is 5.34. The van der Waals surface area contributed by atoms with E-state index < -0.39 is 5.54 Å². The molecule has 1 amide bonds. The highest BCUT2D eigenvalue weighted by atomic mass is 16.1. The second-order valence-electron chi connectivity index (χ2n) is 7.04. The monoisotopic (exact) mass is 283 g/mol. The first-order chi connectivity index (χ1) is 9.26. The Morgan fingerprint density at radius 1 is 1.35 bits per heavy atom. The van der Waals surface area contributed by atoms with Gasteiger partial charge >= 0.3 is 0 Å². The minimum absolute atomic E-state index is 0.215. The van der Waals surface area contributed by atoms with Crippen molar-refractivity contribution in [2.75, 3.05) is 13.6 Å². The maximum atomic E-state index is 11.7. The number of hydrogen-bond acceptors (Lipinski definition) is 3. The Kier molecular flexibility index (Phi) is 6.46. The van der Waals surface area contributed by atoms with Crippen LogP contribution in [0.5, 0.6) is 0 Å². The molecule has 4 heteroatoms. The summed E-state index contributed by atoms with van der Waals surface area (Å²) < 4.78 is 0. The fourth-order valence-corrected chi connectivity index (χ4v) is 2.50. The van der Waals surface area contributed by atoms with Crippen LogP contribution in [0.1, 0.15) is 59.8 Å². The van der Waals surface area contributed by atoms with Gasteiger partial charge < -0.3 is 16.0 Å². The molecule has 1 aliphatic rings. The highest BCUT2D eigenvalue weighted by molar-refractivity contribution is 5.84. The van der Waals surface area contributed by atoms with E-state index in [0.29, 0.717) is 18.0 Å². The largest absolute Gasteiger partial charge is 0.368 e. The number of rotatable bonds is 10. The van der Waals surface area contributed by atoms with Crippen LogP contribution < -0.4 is 11.1 Å². The molecule has 0 spiro atoms. The molecule has 3 N–H and O–H groups in total. The lowest BCUT2D eigenvalue weighted by Gasteiger charge is -2.30. The van der Waals surface area contributed by atoms with Crippen molar-refractivity contribution in [3.63, 3.8) is 0 Å². The van der Waals surface area contributed by atoms with E-state index in [0.717, 1.165) is 25.8 Å². The number of carbonyl (C=O) groups excluding carboxylic acids is 1. The van der Waals surface area contributed by atoms with Gasteiger partial charge in [0.15, 0.2) is 0 Å². The van der Waals surface area contributed by atoms with E-state index in [4.69, 9.17) is 5.73 Å². The average Bonchev–Trinajstić information content (AvgIpc) is 3.16. The Labute approximate surface area is 124 Å². The maximum Gasteiger partial charge on any atom is 0.237 e. The fourth-order valence-electron chi connectivity index (χ4n) is 2.50. The topological polar surface area (TPSA) is 58.4 Å². The molecule has 20 heavy (non-hydrogen) atoms. The first-order valence-electron chi connectivity index (χ1n) is 8.04. The molecule has 0 heterocycles. The van der Waals surface area contributed by atoms with Crippen LogP contribution in [0.3, 0.4) is 0 Å². The number of amides is 1. The summed E-state index contributed by atoms with van der Waals surface area (Å²) in [6.45, 7) is 9.81. The first kappa shape index (κ1) is 17.4. The minimum atomic E-state index is -0.524. The molecule has 4 nitrogen and oxygen atoms in total. The predicted molar refractivity (Wildman–Crippen MR) is 84.5 cm³/mol. The van der Waals surface area contributed by atoms with Crippen molar-refractivity contribution in [1.29, 1.82) is 0 Å². The summed E-state index contributed by atoms with van der Waals surface area (Å²) in [7, 11) is 2.18. The third kappa shape index (κ3) is 5.41. The van der Waals surface area contributed by atoms with Crippen molar-refractivity contribution in [2.45, 2.75) is 77.4 Å². The van der Waals surface area contributed by atoms with Crippen LogP contribution in [-0.2, 0) is 4.79 Å². The van der Waals surface area contributed by atoms with Gasteiger partial charge in [0.25, 0.3) is 0 Å². The van der Waals surface area contributed by atoms with Crippen LogP contribution in [0.25, 0.3) is 0 Å². The Morgan fingerprint density at radius 2 is 1.95 bits per heavy atom. The van der Waals surface area contributed by atoms with E-state index in [1.54, 1.807) is 0 Å². The Balaban J connectivity index is 2.28. The van der Waals surface area contributed by atoms with Gasteiger partial charge in [0.05, 0.1) is 5.54 Å². The summed E-state index contributed by atoms with van der Waals surface area (Å²) in [6, 6.07) is 1.11. The SMILES string of the molecule is CC(C)C(C)N(C)CCCCC(C)(NC1CC1)C(N)=O. The standard InChI is InChI=1S/C16H33N3O/c1-12(2)13(3)19(5)11-7-6-10-16(4,15(17)20)18-14-8-9-14/h12-14,18H,6-11H2,1-5H3,(H2,17,20). The maximum absolute atomic E-state index is 11.7. The number of carbonyl (C=O) groups is 1. The van der Waals surface area contributed by atoms with E-state index in [-0.39, 0.29) is 5.91 Å². The smallest absolute Gasteiger partial charge is 0.237 e. The molecule has 1 fully saturated rings. The van der Waals surface area contributed by atoms with Crippen molar-refractivity contribution in [3.05, 3.63) is 0 Å². The normalized spacial score (nSPS) is 20.1. The highest BCUT2D eigenvalue weighted by Gasteiger charge is 2.36. The number of primary amides is 1. The van der Waals surface area contributed by atoms with Crippen molar-refractivity contribution < 1.29 is 4.79 Å². The molecule has 0 aromatic carbocycles. The second kappa shape index (κ2) is 7.41. The Hall–Kier alpha value is -0.610. The molecule has 1 rings (SSSR count). The van der Waals surface area contributed by atoms with E-state index in [9.17, 15) is 4.79 Å². The first-order valence-corrected chi connectivity index (χ1v) is 8.04. The molecule has 0 saturated heterocycles. The van der Waals surface area contributed by atoms with Gasteiger partial charge in [0, 0.05) is 12.1 Å². The molecule has 0 aromatic heterocycles. The summed E-state index contributed by atoms with van der Waals surface area (Å²) in [5.41, 5.74) is 5.04. The van der Waals surface area contributed by atoms with Crippen molar-refractivity contribution >= 4 is 5.91 Å². The van der Waals surface area contributed by atoms with Gasteiger partial charge in [-0.15, -0.1) is 0 Å². The van der Waals surface area contributed by atoms with Crippen molar-refractivity contribution in [1.82, 2.24) is 10.2 Å². The lowest BCUT2D eigenvalue weighted by atomic mass is 9.93. The Morgan fingerprint density at radius 3 is 2.40 bits per heavy atom. The lowest BCUT2D eigenvalue weighted by Crippen LogP contribution is -2.54. The predicted octanol–water partition coefficient (Wildman–Crippen LogP) is 2.13. The van der Waals surface area contributed by atoms with Crippen molar-refractivity contribution in [3.8, 4) is 0 Å². The minimum Gasteiger partial charge on any atom is -0.368 e. The van der Waals surface area contributed by atoms with Gasteiger partial charge in [-0.1, -0.05) is 13.8 Å². The summed E-state index contributed by atoms with van der Waals surface area (Å²) in [5, 5.41) is 3.41. The summed E-state index contributed by atoms with van der Waals surface area (Å²) >= 11 is 0. The summed E-state index contributed by atoms with van der Waals surface area (Å²) in [4.78, 5) is 14.1. The van der Waals surface area contributed by atoms with Gasteiger partial charge in [0.2, 0.25) is 5.91 Å².